The van der Waals surface area contributed by atoms with Gasteiger partial charge < -0.3 is 19.9 Å². The maximum absolute atomic E-state index is 6.36. The van der Waals surface area contributed by atoms with E-state index in [0.717, 1.165) is 23.1 Å². The van der Waals surface area contributed by atoms with Crippen LogP contribution in [-0.4, -0.2) is 26.9 Å². The van der Waals surface area contributed by atoms with Crippen molar-refractivity contribution >= 4 is 15.9 Å². The van der Waals surface area contributed by atoms with Gasteiger partial charge in [0.15, 0.2) is 11.5 Å². The van der Waals surface area contributed by atoms with Crippen LogP contribution >= 0.6 is 15.9 Å². The molecule has 0 saturated carbocycles. The van der Waals surface area contributed by atoms with E-state index in [1.54, 1.807) is 14.2 Å². The molecule has 4 nitrogen and oxygen atoms in total. The van der Waals surface area contributed by atoms with Gasteiger partial charge in [-0.3, -0.25) is 0 Å². The van der Waals surface area contributed by atoms with Crippen LogP contribution in [0, 0.1) is 5.92 Å². The second kappa shape index (κ2) is 6.11. The molecule has 1 aromatic rings. The fourth-order valence-corrected chi connectivity index (χ4v) is 3.07. The molecule has 0 aromatic heterocycles. The first-order valence-corrected chi connectivity index (χ1v) is 7.16. The molecule has 19 heavy (non-hydrogen) atoms. The Morgan fingerprint density at radius 3 is 2.47 bits per heavy atom. The minimum atomic E-state index is -0.174. The van der Waals surface area contributed by atoms with Gasteiger partial charge >= 0.3 is 0 Å². The Labute approximate surface area is 122 Å². The lowest BCUT2D eigenvalue weighted by atomic mass is 9.93. The molecule has 3 atom stereocenters. The van der Waals surface area contributed by atoms with Gasteiger partial charge in [-0.05, 0) is 30.0 Å². The minimum Gasteiger partial charge on any atom is -0.493 e. The largest absolute Gasteiger partial charge is 0.493 e. The van der Waals surface area contributed by atoms with E-state index in [1.165, 1.54) is 0 Å². The summed E-state index contributed by atoms with van der Waals surface area (Å²) in [7, 11) is 3.24. The molecule has 1 aliphatic heterocycles. The van der Waals surface area contributed by atoms with Crippen molar-refractivity contribution in [2.75, 3.05) is 20.8 Å². The maximum Gasteiger partial charge on any atom is 0.161 e. The first kappa shape index (κ1) is 14.6. The van der Waals surface area contributed by atoms with Gasteiger partial charge in [0.25, 0.3) is 0 Å². The van der Waals surface area contributed by atoms with E-state index in [0.29, 0.717) is 17.4 Å². The van der Waals surface area contributed by atoms with Crippen LogP contribution in [0.2, 0.25) is 0 Å². The van der Waals surface area contributed by atoms with Crippen molar-refractivity contribution in [2.24, 2.45) is 11.7 Å². The highest BCUT2D eigenvalue weighted by Gasteiger charge is 2.32. The Balaban J connectivity index is 2.33. The van der Waals surface area contributed by atoms with Crippen molar-refractivity contribution < 1.29 is 14.2 Å². The molecule has 0 aliphatic carbocycles. The van der Waals surface area contributed by atoms with E-state index in [-0.39, 0.29) is 12.1 Å². The van der Waals surface area contributed by atoms with Gasteiger partial charge in [-0.25, -0.2) is 0 Å². The highest BCUT2D eigenvalue weighted by molar-refractivity contribution is 9.10. The fourth-order valence-electron chi connectivity index (χ4n) is 2.48. The normalized spacial score (nSPS) is 24.3. The van der Waals surface area contributed by atoms with Crippen molar-refractivity contribution in [3.05, 3.63) is 22.2 Å². The van der Waals surface area contributed by atoms with E-state index >= 15 is 0 Å². The SMILES string of the molecule is COc1cc(Br)c(C(N)C2OCCC2C)cc1OC. The first-order chi connectivity index (χ1) is 9.08. The summed E-state index contributed by atoms with van der Waals surface area (Å²) in [6.07, 6.45) is 1.11. The van der Waals surface area contributed by atoms with E-state index < -0.39 is 0 Å². The predicted octanol–water partition coefficient (Wildman–Crippen LogP) is 2.89. The Kier molecular flexibility index (Phi) is 4.71. The summed E-state index contributed by atoms with van der Waals surface area (Å²) in [5, 5.41) is 0. The van der Waals surface area contributed by atoms with Crippen LogP contribution in [0.25, 0.3) is 0 Å². The third kappa shape index (κ3) is 2.88. The third-order valence-corrected chi connectivity index (χ3v) is 4.35. The minimum absolute atomic E-state index is 0.0504. The molecule has 1 aromatic carbocycles. The van der Waals surface area contributed by atoms with Gasteiger partial charge in [-0.2, -0.15) is 0 Å². The van der Waals surface area contributed by atoms with Crippen molar-refractivity contribution in [1.82, 2.24) is 0 Å². The van der Waals surface area contributed by atoms with E-state index in [9.17, 15) is 0 Å². The predicted molar refractivity (Wildman–Crippen MR) is 77.7 cm³/mol. The van der Waals surface area contributed by atoms with Gasteiger partial charge in [-0.15, -0.1) is 0 Å². The van der Waals surface area contributed by atoms with E-state index in [1.807, 2.05) is 12.1 Å². The Bertz CT molecular complexity index is 453. The summed E-state index contributed by atoms with van der Waals surface area (Å²) < 4.78 is 17.3. The van der Waals surface area contributed by atoms with Gasteiger partial charge in [-0.1, -0.05) is 22.9 Å². The molecule has 0 amide bonds. The van der Waals surface area contributed by atoms with Crippen LogP contribution in [0.1, 0.15) is 24.9 Å². The van der Waals surface area contributed by atoms with Crippen molar-refractivity contribution in [1.29, 1.82) is 0 Å². The average Bonchev–Trinajstić information content (AvgIpc) is 2.83. The number of halogens is 1. The maximum atomic E-state index is 6.36. The standard InChI is InChI=1S/C14H20BrNO3/c1-8-4-5-19-14(8)13(16)9-6-11(17-2)12(18-3)7-10(9)15/h6-8,13-14H,4-5,16H2,1-3H3. The van der Waals surface area contributed by atoms with E-state index in [2.05, 4.69) is 22.9 Å². The summed E-state index contributed by atoms with van der Waals surface area (Å²) in [5.41, 5.74) is 7.34. The number of methoxy groups -OCH3 is 2. The first-order valence-electron chi connectivity index (χ1n) is 6.37. The number of benzene rings is 1. The molecule has 0 bridgehead atoms. The van der Waals surface area contributed by atoms with Crippen LogP contribution < -0.4 is 15.2 Å². The van der Waals surface area contributed by atoms with Crippen molar-refractivity contribution in [2.45, 2.75) is 25.5 Å². The molecule has 1 fully saturated rings. The monoisotopic (exact) mass is 329 g/mol. The third-order valence-electron chi connectivity index (χ3n) is 3.66. The van der Waals surface area contributed by atoms with Gasteiger partial charge in [0.1, 0.15) is 0 Å². The van der Waals surface area contributed by atoms with Crippen LogP contribution in [0.3, 0.4) is 0 Å². The number of nitrogens with two attached hydrogens (primary N) is 1. The molecular weight excluding hydrogens is 310 g/mol. The Morgan fingerprint density at radius 2 is 1.95 bits per heavy atom. The lowest BCUT2D eigenvalue weighted by molar-refractivity contribution is 0.0722. The summed E-state index contributed by atoms with van der Waals surface area (Å²) in [5.74, 6) is 1.84. The second-order valence-electron chi connectivity index (χ2n) is 4.86. The average molecular weight is 330 g/mol. The van der Waals surface area contributed by atoms with E-state index in [4.69, 9.17) is 19.9 Å². The second-order valence-corrected chi connectivity index (χ2v) is 5.71. The quantitative estimate of drug-likeness (QED) is 0.922. The van der Waals surface area contributed by atoms with Crippen LogP contribution in [0.5, 0.6) is 11.5 Å². The van der Waals surface area contributed by atoms with Gasteiger partial charge in [0.2, 0.25) is 0 Å². The topological polar surface area (TPSA) is 53.7 Å². The molecule has 1 saturated heterocycles. The molecule has 1 aliphatic rings. The molecule has 0 radical (unpaired) electrons. The summed E-state index contributed by atoms with van der Waals surface area (Å²) in [4.78, 5) is 0. The van der Waals surface area contributed by atoms with Gasteiger partial charge in [0.05, 0.1) is 26.4 Å². The van der Waals surface area contributed by atoms with Crippen LogP contribution in [0.15, 0.2) is 16.6 Å². The smallest absolute Gasteiger partial charge is 0.161 e. The molecule has 3 unspecified atom stereocenters. The molecule has 0 spiro atoms. The molecular formula is C14H20BrNO3. The Morgan fingerprint density at radius 1 is 1.32 bits per heavy atom. The zero-order chi connectivity index (χ0) is 14.0. The van der Waals surface area contributed by atoms with Crippen LogP contribution in [0.4, 0.5) is 0 Å². The number of ether oxygens (including phenoxy) is 3. The zero-order valence-corrected chi connectivity index (χ0v) is 13.1. The fraction of sp³-hybridized carbons (Fsp3) is 0.571. The Hall–Kier alpha value is -0.780. The summed E-state index contributed by atoms with van der Waals surface area (Å²) >= 11 is 3.55. The summed E-state index contributed by atoms with van der Waals surface area (Å²) in [6.45, 7) is 2.95. The number of rotatable bonds is 4. The number of hydrogen-bond donors (Lipinski definition) is 1. The molecule has 5 heteroatoms. The number of hydrogen-bond acceptors (Lipinski definition) is 4. The lowest BCUT2D eigenvalue weighted by Crippen LogP contribution is -2.30. The van der Waals surface area contributed by atoms with Gasteiger partial charge in [0, 0.05) is 11.1 Å². The molecule has 106 valence electrons. The van der Waals surface area contributed by atoms with Crippen molar-refractivity contribution in [3.8, 4) is 11.5 Å². The summed E-state index contributed by atoms with van der Waals surface area (Å²) in [6, 6.07) is 3.63. The van der Waals surface area contributed by atoms with Crippen LogP contribution in [-0.2, 0) is 4.74 Å². The highest BCUT2D eigenvalue weighted by Crippen LogP contribution is 2.39. The lowest BCUT2D eigenvalue weighted by Gasteiger charge is -2.24. The highest BCUT2D eigenvalue weighted by atomic mass is 79.9. The molecule has 2 rings (SSSR count). The molecule has 1 heterocycles. The zero-order valence-electron chi connectivity index (χ0n) is 11.5. The molecule has 2 N–H and O–H groups in total. The van der Waals surface area contributed by atoms with Crippen molar-refractivity contribution in [3.63, 3.8) is 0 Å².